The lowest BCUT2D eigenvalue weighted by Gasteiger charge is -2.05. The van der Waals surface area contributed by atoms with Crippen molar-refractivity contribution in [2.75, 3.05) is 6.54 Å². The van der Waals surface area contributed by atoms with Gasteiger partial charge in [-0.25, -0.2) is 17.9 Å². The highest BCUT2D eigenvalue weighted by molar-refractivity contribution is 7.88. The third-order valence-electron chi connectivity index (χ3n) is 1.98. The van der Waals surface area contributed by atoms with Crippen molar-refractivity contribution < 1.29 is 18.3 Å². The van der Waals surface area contributed by atoms with Crippen LogP contribution in [-0.4, -0.2) is 26.0 Å². The highest BCUT2D eigenvalue weighted by Crippen LogP contribution is 2.08. The molecule has 0 aliphatic heterocycles. The lowest BCUT2D eigenvalue weighted by molar-refractivity contribution is 0.0696. The van der Waals surface area contributed by atoms with Crippen molar-refractivity contribution in [2.45, 2.75) is 5.75 Å². The fraction of sp³-hybridized carbons (Fsp3) is 0.182. The summed E-state index contributed by atoms with van der Waals surface area (Å²) in [6.07, 6.45) is 1.44. The first-order chi connectivity index (χ1) is 7.94. The molecule has 0 unspecified atom stereocenters. The molecular weight excluding hydrogens is 242 g/mol. The molecule has 1 aromatic carbocycles. The number of carboxylic acid groups (broad SMARTS) is 1. The second-order valence-electron chi connectivity index (χ2n) is 3.40. The predicted octanol–water partition coefficient (Wildman–Crippen LogP) is 0.990. The molecule has 0 atom stereocenters. The van der Waals surface area contributed by atoms with Crippen molar-refractivity contribution in [1.82, 2.24) is 4.72 Å². The number of hydrogen-bond donors (Lipinski definition) is 2. The van der Waals surface area contributed by atoms with Gasteiger partial charge in [0.15, 0.2) is 0 Å². The van der Waals surface area contributed by atoms with Crippen LogP contribution in [0.3, 0.4) is 0 Å². The van der Waals surface area contributed by atoms with Gasteiger partial charge in [-0.05, 0) is 17.7 Å². The average Bonchev–Trinajstić information content (AvgIpc) is 2.26. The molecule has 2 N–H and O–H groups in total. The van der Waals surface area contributed by atoms with Gasteiger partial charge in [0, 0.05) is 6.54 Å². The minimum atomic E-state index is -3.45. The van der Waals surface area contributed by atoms with Crippen LogP contribution in [0.1, 0.15) is 15.9 Å². The standard InChI is InChI=1S/C11H13NO4S/c1-2-6-12-17(15,16)8-9-4-3-5-10(7-9)11(13)14/h2-5,7,12H,1,6,8H2,(H,13,14). The zero-order valence-electron chi connectivity index (χ0n) is 9.09. The van der Waals surface area contributed by atoms with E-state index in [9.17, 15) is 13.2 Å². The Morgan fingerprint density at radius 3 is 2.76 bits per heavy atom. The Kier molecular flexibility index (Phi) is 4.42. The molecule has 0 fully saturated rings. The molecule has 6 heteroatoms. The molecule has 92 valence electrons. The summed E-state index contributed by atoms with van der Waals surface area (Å²) < 4.78 is 25.4. The Labute approximate surface area is 99.8 Å². The summed E-state index contributed by atoms with van der Waals surface area (Å²) in [5.41, 5.74) is 0.503. The number of carboxylic acids is 1. The number of benzene rings is 1. The van der Waals surface area contributed by atoms with Gasteiger partial charge in [0.2, 0.25) is 10.0 Å². The molecule has 0 saturated heterocycles. The molecule has 0 saturated carbocycles. The maximum Gasteiger partial charge on any atom is 0.335 e. The van der Waals surface area contributed by atoms with E-state index in [4.69, 9.17) is 5.11 Å². The van der Waals surface area contributed by atoms with Gasteiger partial charge < -0.3 is 5.11 Å². The number of rotatable bonds is 6. The quantitative estimate of drug-likeness (QED) is 0.742. The first-order valence-corrected chi connectivity index (χ1v) is 6.50. The van der Waals surface area contributed by atoms with E-state index in [-0.39, 0.29) is 17.9 Å². The van der Waals surface area contributed by atoms with E-state index in [0.29, 0.717) is 5.56 Å². The van der Waals surface area contributed by atoms with Crippen molar-refractivity contribution in [3.63, 3.8) is 0 Å². The van der Waals surface area contributed by atoms with E-state index in [0.717, 1.165) is 0 Å². The Morgan fingerprint density at radius 1 is 1.47 bits per heavy atom. The van der Waals surface area contributed by atoms with E-state index in [1.165, 1.54) is 24.3 Å². The number of sulfonamides is 1. The number of carbonyl (C=O) groups is 1. The first-order valence-electron chi connectivity index (χ1n) is 4.85. The Balaban J connectivity index is 2.84. The molecule has 0 radical (unpaired) electrons. The third kappa shape index (κ3) is 4.38. The summed E-state index contributed by atoms with van der Waals surface area (Å²) in [6.45, 7) is 3.56. The maximum atomic E-state index is 11.5. The summed E-state index contributed by atoms with van der Waals surface area (Å²) in [6, 6.07) is 5.84. The molecular formula is C11H13NO4S. The SMILES string of the molecule is C=CCNS(=O)(=O)Cc1cccc(C(=O)O)c1. The van der Waals surface area contributed by atoms with Crippen molar-refractivity contribution in [2.24, 2.45) is 0 Å². The van der Waals surface area contributed by atoms with E-state index in [1.807, 2.05) is 0 Å². The highest BCUT2D eigenvalue weighted by atomic mass is 32.2. The van der Waals surface area contributed by atoms with Crippen LogP contribution < -0.4 is 4.72 Å². The van der Waals surface area contributed by atoms with E-state index >= 15 is 0 Å². The normalized spacial score (nSPS) is 11.1. The van der Waals surface area contributed by atoms with Gasteiger partial charge in [-0.3, -0.25) is 0 Å². The maximum absolute atomic E-state index is 11.5. The molecule has 0 amide bonds. The van der Waals surface area contributed by atoms with Crippen molar-refractivity contribution in [3.05, 3.63) is 48.0 Å². The molecule has 0 bridgehead atoms. The number of aromatic carboxylic acids is 1. The Hall–Kier alpha value is -1.66. The second kappa shape index (κ2) is 5.60. The summed E-state index contributed by atoms with van der Waals surface area (Å²) >= 11 is 0. The molecule has 17 heavy (non-hydrogen) atoms. The lowest BCUT2D eigenvalue weighted by atomic mass is 10.1. The smallest absolute Gasteiger partial charge is 0.335 e. The van der Waals surface area contributed by atoms with Gasteiger partial charge in [0.1, 0.15) is 0 Å². The summed E-state index contributed by atoms with van der Waals surface area (Å²) in [4.78, 5) is 10.7. The van der Waals surface area contributed by atoms with Gasteiger partial charge in [0.05, 0.1) is 11.3 Å². The predicted molar refractivity (Wildman–Crippen MR) is 64.2 cm³/mol. The van der Waals surface area contributed by atoms with Gasteiger partial charge in [-0.2, -0.15) is 0 Å². The molecule has 0 spiro atoms. The minimum absolute atomic E-state index is 0.0708. The molecule has 0 aliphatic rings. The van der Waals surface area contributed by atoms with Crippen LogP contribution >= 0.6 is 0 Å². The van der Waals surface area contributed by atoms with E-state index in [2.05, 4.69) is 11.3 Å². The summed E-state index contributed by atoms with van der Waals surface area (Å²) in [7, 11) is -3.45. The van der Waals surface area contributed by atoms with Crippen LogP contribution in [0, 0.1) is 0 Å². The lowest BCUT2D eigenvalue weighted by Crippen LogP contribution is -2.25. The van der Waals surface area contributed by atoms with Gasteiger partial charge in [0.25, 0.3) is 0 Å². The molecule has 0 heterocycles. The van der Waals surface area contributed by atoms with Crippen LogP contribution in [-0.2, 0) is 15.8 Å². The van der Waals surface area contributed by atoms with Crippen molar-refractivity contribution >= 4 is 16.0 Å². The highest BCUT2D eigenvalue weighted by Gasteiger charge is 2.11. The van der Waals surface area contributed by atoms with Crippen LogP contribution in [0.25, 0.3) is 0 Å². The zero-order chi connectivity index (χ0) is 12.9. The van der Waals surface area contributed by atoms with Gasteiger partial charge in [-0.1, -0.05) is 18.2 Å². The molecule has 0 aliphatic carbocycles. The third-order valence-corrected chi connectivity index (χ3v) is 3.30. The summed E-state index contributed by atoms with van der Waals surface area (Å²) in [5.74, 6) is -1.33. The fourth-order valence-electron chi connectivity index (χ4n) is 1.25. The number of nitrogens with one attached hydrogen (secondary N) is 1. The first kappa shape index (κ1) is 13.4. The number of hydrogen-bond acceptors (Lipinski definition) is 3. The van der Waals surface area contributed by atoms with E-state index in [1.54, 1.807) is 6.07 Å². The second-order valence-corrected chi connectivity index (χ2v) is 5.21. The largest absolute Gasteiger partial charge is 0.478 e. The molecule has 1 rings (SSSR count). The molecule has 1 aromatic rings. The Bertz CT molecular complexity index is 522. The average molecular weight is 255 g/mol. The summed E-state index contributed by atoms with van der Waals surface area (Å²) in [5, 5.41) is 8.77. The van der Waals surface area contributed by atoms with Crippen LogP contribution in [0.5, 0.6) is 0 Å². The zero-order valence-corrected chi connectivity index (χ0v) is 9.90. The van der Waals surface area contributed by atoms with E-state index < -0.39 is 16.0 Å². The molecule has 5 nitrogen and oxygen atoms in total. The topological polar surface area (TPSA) is 83.5 Å². The van der Waals surface area contributed by atoms with Gasteiger partial charge >= 0.3 is 5.97 Å². The Morgan fingerprint density at radius 2 is 2.18 bits per heavy atom. The monoisotopic (exact) mass is 255 g/mol. The van der Waals surface area contributed by atoms with Crippen LogP contribution in [0.4, 0.5) is 0 Å². The fourth-order valence-corrected chi connectivity index (χ4v) is 2.34. The van der Waals surface area contributed by atoms with Crippen LogP contribution in [0.15, 0.2) is 36.9 Å². The van der Waals surface area contributed by atoms with Crippen molar-refractivity contribution in [1.29, 1.82) is 0 Å². The molecule has 0 aromatic heterocycles. The minimum Gasteiger partial charge on any atom is -0.478 e. The van der Waals surface area contributed by atoms with Crippen LogP contribution in [0.2, 0.25) is 0 Å². The van der Waals surface area contributed by atoms with Gasteiger partial charge in [-0.15, -0.1) is 6.58 Å². The van der Waals surface area contributed by atoms with Crippen molar-refractivity contribution in [3.8, 4) is 0 Å².